The van der Waals surface area contributed by atoms with Gasteiger partial charge in [0.2, 0.25) is 0 Å². The highest BCUT2D eigenvalue weighted by atomic mass is 15.0. The average molecular weight is 551 g/mol. The lowest BCUT2D eigenvalue weighted by molar-refractivity contribution is 0.386. The number of aryl methyl sites for hydroxylation is 1. The van der Waals surface area contributed by atoms with Gasteiger partial charge in [-0.25, -0.2) is 9.97 Å². The highest BCUT2D eigenvalue weighted by Gasteiger charge is 2.19. The molecule has 0 saturated heterocycles. The third-order valence-electron chi connectivity index (χ3n) is 8.16. The van der Waals surface area contributed by atoms with Crippen molar-refractivity contribution >= 4 is 23.0 Å². The van der Waals surface area contributed by atoms with E-state index in [0.29, 0.717) is 11.7 Å². The van der Waals surface area contributed by atoms with Crippen LogP contribution in [0.15, 0.2) is 79.8 Å². The topological polar surface area (TPSA) is 102 Å². The van der Waals surface area contributed by atoms with Gasteiger partial charge in [-0.2, -0.15) is 0 Å². The summed E-state index contributed by atoms with van der Waals surface area (Å²) in [5.41, 5.74) is 20.9. The van der Waals surface area contributed by atoms with Crippen molar-refractivity contribution in [3.63, 3.8) is 0 Å². The van der Waals surface area contributed by atoms with Crippen molar-refractivity contribution in [3.8, 4) is 0 Å². The molecule has 6 heteroatoms. The Morgan fingerprint density at radius 3 is 2.54 bits per heavy atom. The van der Waals surface area contributed by atoms with Gasteiger partial charge in [-0.05, 0) is 79.3 Å². The van der Waals surface area contributed by atoms with Crippen LogP contribution < -0.4 is 22.1 Å². The fourth-order valence-corrected chi connectivity index (χ4v) is 5.58. The van der Waals surface area contributed by atoms with Gasteiger partial charge in [0.1, 0.15) is 11.6 Å². The van der Waals surface area contributed by atoms with Crippen LogP contribution in [0.1, 0.15) is 85.6 Å². The summed E-state index contributed by atoms with van der Waals surface area (Å²) in [4.78, 5) is 8.85. The number of aromatic nitrogens is 2. The summed E-state index contributed by atoms with van der Waals surface area (Å²) in [6, 6.07) is 12.3. The number of hydrogen-bond acceptors (Lipinski definition) is 6. The first-order chi connectivity index (χ1) is 19.8. The Kier molecular flexibility index (Phi) is 10.6. The molecule has 41 heavy (non-hydrogen) atoms. The Morgan fingerprint density at radius 2 is 1.80 bits per heavy atom. The highest BCUT2D eigenvalue weighted by Crippen LogP contribution is 2.35. The Bertz CT molecular complexity index is 1350. The first-order valence-electron chi connectivity index (χ1n) is 14.9. The van der Waals surface area contributed by atoms with Crippen LogP contribution in [0.4, 0.5) is 17.3 Å². The van der Waals surface area contributed by atoms with Crippen LogP contribution in [0.3, 0.4) is 0 Å². The minimum absolute atomic E-state index is 0.00322. The summed E-state index contributed by atoms with van der Waals surface area (Å²) < 4.78 is 0. The minimum atomic E-state index is 0.00322. The fraction of sp³-hybridized carbons (Fsp3) is 0.371. The number of rotatable bonds is 13. The second-order valence-corrected chi connectivity index (χ2v) is 11.3. The van der Waals surface area contributed by atoms with Gasteiger partial charge < -0.3 is 22.1 Å². The maximum atomic E-state index is 6.66. The lowest BCUT2D eigenvalue weighted by Gasteiger charge is -2.24. The summed E-state index contributed by atoms with van der Waals surface area (Å²) >= 11 is 0. The molecule has 216 valence electrons. The second kappa shape index (κ2) is 14.5. The monoisotopic (exact) mass is 550 g/mol. The smallest absolute Gasteiger partial charge is 0.130 e. The maximum Gasteiger partial charge on any atom is 0.130 e. The van der Waals surface area contributed by atoms with Crippen molar-refractivity contribution in [3.05, 3.63) is 108 Å². The molecule has 0 radical (unpaired) electrons. The van der Waals surface area contributed by atoms with Crippen LogP contribution in [0.2, 0.25) is 0 Å². The molecule has 1 fully saturated rings. The molecule has 1 saturated carbocycles. The van der Waals surface area contributed by atoms with E-state index >= 15 is 0 Å². The van der Waals surface area contributed by atoms with Gasteiger partial charge in [-0.15, -0.1) is 0 Å². The molecule has 1 aliphatic carbocycles. The Balaban J connectivity index is 1.30. The van der Waals surface area contributed by atoms with Gasteiger partial charge in [-0.1, -0.05) is 75.8 Å². The Hall–Kier alpha value is -4.06. The van der Waals surface area contributed by atoms with Crippen LogP contribution in [0.5, 0.6) is 0 Å². The number of nitrogens with two attached hydrogens (primary N) is 2. The normalized spacial score (nSPS) is 14.6. The fourth-order valence-electron chi connectivity index (χ4n) is 5.58. The van der Waals surface area contributed by atoms with Gasteiger partial charge in [0.15, 0.2) is 0 Å². The zero-order chi connectivity index (χ0) is 29.2. The largest absolute Gasteiger partial charge is 0.398 e. The van der Waals surface area contributed by atoms with Crippen molar-refractivity contribution in [1.29, 1.82) is 0 Å². The van der Waals surface area contributed by atoms with E-state index in [9.17, 15) is 0 Å². The Morgan fingerprint density at radius 1 is 1.05 bits per heavy atom. The number of unbranched alkanes of at least 4 members (excludes halogenated alkanes) is 1. The van der Waals surface area contributed by atoms with E-state index in [4.69, 9.17) is 11.5 Å². The van der Waals surface area contributed by atoms with Crippen molar-refractivity contribution < 1.29 is 0 Å². The van der Waals surface area contributed by atoms with Gasteiger partial charge in [0.25, 0.3) is 0 Å². The standard InChI is InChI=1S/C35H46N6/c1-24-19-21-39-32(22-24)41-27(4)30-17-15-28(16-18-30)25(2)33-34(36)31(23-40-35(33)37)14-8-5-6-11-20-38-26(3)29-12-9-7-10-13-29/h5,8,15-19,21-23,25,29,38H,3-4,6-7,9-14,20H2,1-2H3,(H,39,41)(H4,36,37,40)/b8-5-. The van der Waals surface area contributed by atoms with Crippen molar-refractivity contribution in [1.82, 2.24) is 15.3 Å². The first-order valence-corrected chi connectivity index (χ1v) is 14.9. The molecule has 1 atom stereocenters. The lowest BCUT2D eigenvalue weighted by atomic mass is 9.87. The molecule has 2 aromatic heterocycles. The molecular weight excluding hydrogens is 504 g/mol. The molecule has 6 N–H and O–H groups in total. The SMILES string of the molecule is C=C(Nc1cc(C)ccn1)c1ccc(C(C)c2c(N)ncc(C/C=C\CCCNC(=C)C3CCCCC3)c2N)cc1. The van der Waals surface area contributed by atoms with Gasteiger partial charge in [0, 0.05) is 47.5 Å². The number of hydrogen-bond donors (Lipinski definition) is 4. The average Bonchev–Trinajstić information content (AvgIpc) is 2.98. The number of nitrogens with one attached hydrogen (secondary N) is 2. The van der Waals surface area contributed by atoms with Gasteiger partial charge >= 0.3 is 0 Å². The number of allylic oxidation sites excluding steroid dienone is 3. The quantitative estimate of drug-likeness (QED) is 0.128. The molecule has 1 unspecified atom stereocenters. The van der Waals surface area contributed by atoms with Crippen LogP contribution >= 0.6 is 0 Å². The number of nitrogens with zero attached hydrogens (tertiary/aromatic N) is 2. The zero-order valence-corrected chi connectivity index (χ0v) is 24.8. The number of benzene rings is 1. The van der Waals surface area contributed by atoms with E-state index in [-0.39, 0.29) is 5.92 Å². The molecule has 1 aliphatic rings. The predicted molar refractivity (Wildman–Crippen MR) is 174 cm³/mol. The molecule has 0 bridgehead atoms. The summed E-state index contributed by atoms with van der Waals surface area (Å²) in [6.45, 7) is 13.6. The van der Waals surface area contributed by atoms with Gasteiger partial charge in [-0.3, -0.25) is 0 Å². The van der Waals surface area contributed by atoms with Crippen LogP contribution in [0.25, 0.3) is 5.70 Å². The molecule has 0 amide bonds. The summed E-state index contributed by atoms with van der Waals surface area (Å²) in [6.07, 6.45) is 17.5. The molecule has 3 aromatic rings. The van der Waals surface area contributed by atoms with E-state index in [2.05, 4.69) is 77.1 Å². The highest BCUT2D eigenvalue weighted by molar-refractivity contribution is 5.74. The number of anilines is 3. The third kappa shape index (κ3) is 8.23. The molecule has 4 rings (SSSR count). The second-order valence-electron chi connectivity index (χ2n) is 11.3. The summed E-state index contributed by atoms with van der Waals surface area (Å²) in [5.74, 6) is 1.92. The first kappa shape index (κ1) is 29.9. The van der Waals surface area contributed by atoms with Crippen molar-refractivity contribution in [2.75, 3.05) is 23.3 Å². The molecule has 1 aromatic carbocycles. The van der Waals surface area contributed by atoms with E-state index in [1.165, 1.54) is 37.8 Å². The molecular formula is C35H46N6. The van der Waals surface area contributed by atoms with Crippen LogP contribution in [-0.4, -0.2) is 16.5 Å². The molecule has 6 nitrogen and oxygen atoms in total. The van der Waals surface area contributed by atoms with E-state index in [1.54, 1.807) is 12.4 Å². The van der Waals surface area contributed by atoms with Gasteiger partial charge in [0.05, 0.1) is 0 Å². The third-order valence-corrected chi connectivity index (χ3v) is 8.16. The van der Waals surface area contributed by atoms with Crippen molar-refractivity contribution in [2.45, 2.75) is 71.1 Å². The molecule has 0 spiro atoms. The van der Waals surface area contributed by atoms with E-state index in [0.717, 1.165) is 70.8 Å². The van der Waals surface area contributed by atoms with Crippen molar-refractivity contribution in [2.24, 2.45) is 5.92 Å². The summed E-state index contributed by atoms with van der Waals surface area (Å²) in [5, 5.41) is 6.84. The van der Waals surface area contributed by atoms with Crippen LogP contribution in [0, 0.1) is 12.8 Å². The zero-order valence-electron chi connectivity index (χ0n) is 24.8. The van der Waals surface area contributed by atoms with Crippen LogP contribution in [-0.2, 0) is 6.42 Å². The lowest BCUT2D eigenvalue weighted by Crippen LogP contribution is -2.22. The molecule has 2 heterocycles. The molecule has 0 aliphatic heterocycles. The van der Waals surface area contributed by atoms with E-state index in [1.807, 2.05) is 19.1 Å². The number of pyridine rings is 2. The number of nitrogen functional groups attached to an aromatic ring is 2. The minimum Gasteiger partial charge on any atom is -0.398 e. The summed E-state index contributed by atoms with van der Waals surface area (Å²) in [7, 11) is 0. The van der Waals surface area contributed by atoms with E-state index < -0.39 is 0 Å². The predicted octanol–water partition coefficient (Wildman–Crippen LogP) is 7.75. The Labute approximate surface area is 246 Å². The maximum absolute atomic E-state index is 6.66.